The van der Waals surface area contributed by atoms with Gasteiger partial charge in [-0.3, -0.25) is 4.79 Å². The Balaban J connectivity index is 1.82. The molecular formula is C27H30NO3+. The summed E-state index contributed by atoms with van der Waals surface area (Å²) in [6.07, 6.45) is 1.60. The monoisotopic (exact) mass is 416 g/mol. The van der Waals surface area contributed by atoms with Crippen LogP contribution in [0.25, 0.3) is 10.8 Å². The lowest BCUT2D eigenvalue weighted by Gasteiger charge is -2.24. The SMILES string of the molecule is C=[N+]1CCCC(C(=O)OC(C)(C)C)c2cc(OCc3ccccc3)c3ccccc3c21. The fraction of sp³-hybridized carbons (Fsp3) is 0.333. The third kappa shape index (κ3) is 4.63. The first-order chi connectivity index (χ1) is 14.8. The quantitative estimate of drug-likeness (QED) is 0.388. The Labute approximate surface area is 184 Å². The Kier molecular flexibility index (Phi) is 5.81. The molecule has 4 rings (SSSR count). The molecule has 0 amide bonds. The summed E-state index contributed by atoms with van der Waals surface area (Å²) in [5.41, 5.74) is 2.50. The number of nitrogens with zero attached hydrogens (tertiary/aromatic N) is 1. The second-order valence-electron chi connectivity index (χ2n) is 9.12. The third-order valence-electron chi connectivity index (χ3n) is 5.55. The molecule has 0 fully saturated rings. The second-order valence-corrected chi connectivity index (χ2v) is 9.12. The van der Waals surface area contributed by atoms with E-state index in [-0.39, 0.29) is 11.9 Å². The molecule has 4 nitrogen and oxygen atoms in total. The predicted molar refractivity (Wildman–Crippen MR) is 124 cm³/mol. The summed E-state index contributed by atoms with van der Waals surface area (Å²) in [6, 6.07) is 20.3. The van der Waals surface area contributed by atoms with Crippen molar-refractivity contribution in [1.29, 1.82) is 0 Å². The first-order valence-electron chi connectivity index (χ1n) is 10.9. The van der Waals surface area contributed by atoms with Gasteiger partial charge in [-0.2, -0.15) is 0 Å². The minimum atomic E-state index is -0.531. The van der Waals surface area contributed by atoms with Crippen LogP contribution in [0.4, 0.5) is 5.69 Å². The van der Waals surface area contributed by atoms with Gasteiger partial charge in [0.1, 0.15) is 31.2 Å². The molecule has 0 N–H and O–H groups in total. The van der Waals surface area contributed by atoms with Crippen molar-refractivity contribution in [2.75, 3.05) is 6.54 Å². The zero-order valence-electron chi connectivity index (χ0n) is 18.6. The van der Waals surface area contributed by atoms with E-state index >= 15 is 0 Å². The van der Waals surface area contributed by atoms with Gasteiger partial charge in [-0.15, -0.1) is 0 Å². The van der Waals surface area contributed by atoms with Crippen LogP contribution >= 0.6 is 0 Å². The number of hydrogen-bond donors (Lipinski definition) is 0. The number of ether oxygens (including phenoxy) is 2. The van der Waals surface area contributed by atoms with Crippen LogP contribution in [0.2, 0.25) is 0 Å². The average molecular weight is 417 g/mol. The van der Waals surface area contributed by atoms with E-state index in [1.807, 2.05) is 73.9 Å². The van der Waals surface area contributed by atoms with Gasteiger partial charge in [-0.25, -0.2) is 4.58 Å². The maximum absolute atomic E-state index is 13.2. The first-order valence-corrected chi connectivity index (χ1v) is 10.9. The van der Waals surface area contributed by atoms with Gasteiger partial charge < -0.3 is 9.47 Å². The molecule has 0 saturated heterocycles. The van der Waals surface area contributed by atoms with E-state index in [0.717, 1.165) is 52.7 Å². The van der Waals surface area contributed by atoms with Crippen LogP contribution in [0, 0.1) is 0 Å². The lowest BCUT2D eigenvalue weighted by molar-refractivity contribution is -0.429. The summed E-state index contributed by atoms with van der Waals surface area (Å²) in [7, 11) is 0. The van der Waals surface area contributed by atoms with Gasteiger partial charge in [0, 0.05) is 17.4 Å². The number of hydrogen-bond acceptors (Lipinski definition) is 3. The highest BCUT2D eigenvalue weighted by Gasteiger charge is 2.35. The van der Waals surface area contributed by atoms with Crippen molar-refractivity contribution in [1.82, 2.24) is 0 Å². The van der Waals surface area contributed by atoms with Crippen molar-refractivity contribution in [2.24, 2.45) is 0 Å². The van der Waals surface area contributed by atoms with E-state index in [1.165, 1.54) is 0 Å². The van der Waals surface area contributed by atoms with Gasteiger partial charge in [0.15, 0.2) is 0 Å². The molecular weight excluding hydrogens is 386 g/mol. The highest BCUT2D eigenvalue weighted by Crippen LogP contribution is 2.43. The standard InChI is InChI=1S/C27H30NO3/c1-27(2,3)31-26(29)22-15-10-16-28(4)25-21-14-9-8-13-20(21)24(17-23(22)25)30-18-19-11-6-5-7-12-19/h5-9,11-14,17,22H,4,10,15-16,18H2,1-3H3/q+1. The molecule has 0 aliphatic carbocycles. The largest absolute Gasteiger partial charge is 0.488 e. The van der Waals surface area contributed by atoms with Gasteiger partial charge in [0.2, 0.25) is 5.69 Å². The number of fused-ring (bicyclic) bond motifs is 3. The number of esters is 1. The van der Waals surface area contributed by atoms with Gasteiger partial charge >= 0.3 is 5.97 Å². The van der Waals surface area contributed by atoms with Crippen LogP contribution in [0.5, 0.6) is 5.75 Å². The van der Waals surface area contributed by atoms with Crippen LogP contribution in [0.1, 0.15) is 50.7 Å². The van der Waals surface area contributed by atoms with Gasteiger partial charge in [-0.05, 0) is 44.9 Å². The minimum Gasteiger partial charge on any atom is -0.488 e. The highest BCUT2D eigenvalue weighted by molar-refractivity contribution is 5.98. The molecule has 31 heavy (non-hydrogen) atoms. The fourth-order valence-electron chi connectivity index (χ4n) is 4.19. The van der Waals surface area contributed by atoms with Crippen molar-refractivity contribution in [3.8, 4) is 5.75 Å². The fourth-order valence-corrected chi connectivity index (χ4v) is 4.19. The highest BCUT2D eigenvalue weighted by atomic mass is 16.6. The van der Waals surface area contributed by atoms with Gasteiger partial charge in [-0.1, -0.05) is 48.5 Å². The smallest absolute Gasteiger partial charge is 0.314 e. The summed E-state index contributed by atoms with van der Waals surface area (Å²) < 4.78 is 14.1. The Morgan fingerprint density at radius 2 is 1.74 bits per heavy atom. The molecule has 160 valence electrons. The minimum absolute atomic E-state index is 0.187. The summed E-state index contributed by atoms with van der Waals surface area (Å²) in [4.78, 5) is 13.2. The predicted octanol–water partition coefficient (Wildman–Crippen LogP) is 5.98. The van der Waals surface area contributed by atoms with E-state index in [1.54, 1.807) is 0 Å². The number of rotatable bonds is 4. The van der Waals surface area contributed by atoms with Crippen molar-refractivity contribution in [3.05, 3.63) is 71.8 Å². The maximum Gasteiger partial charge on any atom is 0.314 e. The van der Waals surface area contributed by atoms with E-state index in [4.69, 9.17) is 9.47 Å². The first kappa shape index (κ1) is 21.1. The van der Waals surface area contributed by atoms with E-state index in [0.29, 0.717) is 6.61 Å². The summed E-state index contributed by atoms with van der Waals surface area (Å²) in [5.74, 6) is 0.250. The summed E-state index contributed by atoms with van der Waals surface area (Å²) >= 11 is 0. The van der Waals surface area contributed by atoms with E-state index < -0.39 is 5.60 Å². The third-order valence-corrected chi connectivity index (χ3v) is 5.55. The summed E-state index contributed by atoms with van der Waals surface area (Å²) in [6.45, 7) is 11.3. The van der Waals surface area contributed by atoms with Crippen molar-refractivity contribution in [2.45, 2.75) is 51.7 Å². The second kappa shape index (κ2) is 8.54. The molecule has 0 spiro atoms. The molecule has 4 heteroatoms. The zero-order valence-corrected chi connectivity index (χ0v) is 18.6. The normalized spacial score (nSPS) is 16.5. The van der Waals surface area contributed by atoms with Crippen LogP contribution in [0.15, 0.2) is 60.7 Å². The Bertz CT molecular complexity index is 1110. The lowest BCUT2D eigenvalue weighted by atomic mass is 9.91. The Morgan fingerprint density at radius 3 is 2.45 bits per heavy atom. The molecule has 3 aromatic carbocycles. The van der Waals surface area contributed by atoms with Crippen LogP contribution in [-0.2, 0) is 16.1 Å². The number of carbonyl (C=O) groups excluding carboxylic acids is 1. The lowest BCUT2D eigenvalue weighted by Crippen LogP contribution is -2.27. The molecule has 0 saturated carbocycles. The van der Waals surface area contributed by atoms with Crippen LogP contribution < -0.4 is 4.74 Å². The maximum atomic E-state index is 13.2. The van der Waals surface area contributed by atoms with Gasteiger partial charge in [0.25, 0.3) is 0 Å². The van der Waals surface area contributed by atoms with Crippen LogP contribution in [-0.4, -0.2) is 29.4 Å². The van der Waals surface area contributed by atoms with Crippen LogP contribution in [0.3, 0.4) is 0 Å². The molecule has 1 unspecified atom stereocenters. The molecule has 1 aliphatic rings. The molecule has 0 aromatic heterocycles. The van der Waals surface area contributed by atoms with E-state index in [9.17, 15) is 4.79 Å². The Morgan fingerprint density at radius 1 is 1.06 bits per heavy atom. The summed E-state index contributed by atoms with van der Waals surface area (Å²) in [5, 5.41) is 2.07. The molecule has 1 aliphatic heterocycles. The zero-order chi connectivity index (χ0) is 22.0. The Hall–Kier alpha value is -3.14. The number of carbonyl (C=O) groups is 1. The van der Waals surface area contributed by atoms with Gasteiger partial charge in [0.05, 0.1) is 11.3 Å². The molecule has 0 radical (unpaired) electrons. The topological polar surface area (TPSA) is 38.5 Å². The number of benzene rings is 3. The van der Waals surface area contributed by atoms with Crippen molar-refractivity contribution >= 4 is 29.1 Å². The molecule has 3 aromatic rings. The average Bonchev–Trinajstić information content (AvgIpc) is 2.90. The molecule has 1 heterocycles. The van der Waals surface area contributed by atoms with Crippen molar-refractivity contribution < 1.29 is 18.8 Å². The molecule has 1 atom stereocenters. The van der Waals surface area contributed by atoms with E-state index in [2.05, 4.69) is 18.9 Å². The van der Waals surface area contributed by atoms with Crippen molar-refractivity contribution in [3.63, 3.8) is 0 Å². The molecule has 0 bridgehead atoms.